The van der Waals surface area contributed by atoms with E-state index in [2.05, 4.69) is 24.9 Å². The number of aromatic nitrogens is 4. The van der Waals surface area contributed by atoms with Crippen LogP contribution in [0.5, 0.6) is 5.75 Å². The summed E-state index contributed by atoms with van der Waals surface area (Å²) in [4.78, 5) is 26.1. The van der Waals surface area contributed by atoms with Gasteiger partial charge in [-0.05, 0) is 49.3 Å². The highest BCUT2D eigenvalue weighted by molar-refractivity contribution is 7.19. The van der Waals surface area contributed by atoms with Gasteiger partial charge in [0.05, 0.1) is 29.0 Å². The van der Waals surface area contributed by atoms with Crippen LogP contribution < -0.4 is 10.1 Å². The first-order chi connectivity index (χ1) is 16.5. The van der Waals surface area contributed by atoms with Crippen molar-refractivity contribution in [1.82, 2.24) is 24.5 Å². The van der Waals surface area contributed by atoms with Gasteiger partial charge in [-0.2, -0.15) is 0 Å². The Balaban J connectivity index is 1.44. The number of hydrogen-bond donors (Lipinski definition) is 1. The number of hydrogen-bond acceptors (Lipinski definition) is 10. The normalized spacial score (nSPS) is 16.4. The lowest BCUT2D eigenvalue weighted by Gasteiger charge is -2.28. The molecule has 0 unspecified atom stereocenters. The molecule has 3 aromatic heterocycles. The van der Waals surface area contributed by atoms with Crippen LogP contribution >= 0.6 is 22.9 Å². The molecule has 1 aromatic carbocycles. The van der Waals surface area contributed by atoms with Crippen LogP contribution in [0.25, 0.3) is 20.4 Å². The molecule has 2 atom stereocenters. The quantitative estimate of drug-likeness (QED) is 0.407. The Morgan fingerprint density at radius 2 is 2.18 bits per heavy atom. The van der Waals surface area contributed by atoms with Gasteiger partial charge in [0.15, 0.2) is 0 Å². The number of likely N-dealkylation sites (N-methyl/N-ethyl adjacent to an activating group) is 1. The molecule has 1 amide bonds. The van der Waals surface area contributed by atoms with E-state index in [0.29, 0.717) is 12.3 Å². The average Bonchev–Trinajstić information content (AvgIpc) is 3.46. The van der Waals surface area contributed by atoms with Gasteiger partial charge in [0, 0.05) is 37.6 Å². The summed E-state index contributed by atoms with van der Waals surface area (Å²) in [5.41, 5.74) is 2.84. The fraction of sp³-hybridized carbons (Fsp3) is 0.435. The Hall–Kier alpha value is -2.89. The average molecular weight is 499 g/mol. The number of ether oxygens (including phenoxy) is 2. The maximum absolute atomic E-state index is 13.0. The van der Waals surface area contributed by atoms with E-state index in [1.807, 2.05) is 26.1 Å². The lowest BCUT2D eigenvalue weighted by molar-refractivity contribution is -0.135. The van der Waals surface area contributed by atoms with Crippen LogP contribution in [0.2, 0.25) is 0 Å². The summed E-state index contributed by atoms with van der Waals surface area (Å²) in [6, 6.07) is 3.86. The van der Waals surface area contributed by atoms with Crippen LogP contribution in [0.1, 0.15) is 23.8 Å². The summed E-state index contributed by atoms with van der Waals surface area (Å²) < 4.78 is 15.9. The number of anilines is 2. The fourth-order valence-electron chi connectivity index (χ4n) is 4.48. The van der Waals surface area contributed by atoms with Crippen molar-refractivity contribution in [2.45, 2.75) is 32.3 Å². The minimum absolute atomic E-state index is 0.0123. The zero-order valence-corrected chi connectivity index (χ0v) is 21.1. The monoisotopic (exact) mass is 498 g/mol. The number of aryl methyl sites for hydroxylation is 1. The summed E-state index contributed by atoms with van der Waals surface area (Å²) >= 11 is 2.99. The highest BCUT2D eigenvalue weighted by Gasteiger charge is 2.31. The van der Waals surface area contributed by atoms with Gasteiger partial charge in [0.25, 0.3) is 0 Å². The predicted octanol–water partition coefficient (Wildman–Crippen LogP) is 4.05. The Morgan fingerprint density at radius 3 is 2.97 bits per heavy atom. The topological polar surface area (TPSA) is 102 Å². The Kier molecular flexibility index (Phi) is 6.32. The second-order valence-corrected chi connectivity index (χ2v) is 10.4. The van der Waals surface area contributed by atoms with Crippen LogP contribution in [-0.4, -0.2) is 64.3 Å². The Morgan fingerprint density at radius 1 is 1.32 bits per heavy atom. The summed E-state index contributed by atoms with van der Waals surface area (Å²) in [5.74, 6) is 1.57. The molecule has 9 nitrogen and oxygen atoms in total. The van der Waals surface area contributed by atoms with E-state index >= 15 is 0 Å². The molecule has 0 radical (unpaired) electrons. The molecule has 0 aliphatic heterocycles. The molecule has 34 heavy (non-hydrogen) atoms. The van der Waals surface area contributed by atoms with Crippen LogP contribution in [-0.2, 0) is 22.4 Å². The smallest absolute Gasteiger partial charge is 0.225 e. The number of amides is 1. The Labute approximate surface area is 205 Å². The number of carbonyl (C=O) groups is 1. The van der Waals surface area contributed by atoms with Crippen molar-refractivity contribution in [3.05, 3.63) is 28.9 Å². The third-order valence-corrected chi connectivity index (χ3v) is 8.18. The van der Waals surface area contributed by atoms with Gasteiger partial charge in [-0.1, -0.05) is 4.49 Å². The van der Waals surface area contributed by atoms with E-state index in [4.69, 9.17) is 9.47 Å². The highest BCUT2D eigenvalue weighted by atomic mass is 32.1. The molecule has 5 rings (SSSR count). The SMILES string of the molecule is COc1cc2nnsc2cc1Nc1ncnc2sc3c(c12)CC[C@H](C(=O)N(C)C[C@H](C)OC)C3. The molecular weight excluding hydrogens is 472 g/mol. The van der Waals surface area contributed by atoms with Gasteiger partial charge in [0.1, 0.15) is 28.2 Å². The van der Waals surface area contributed by atoms with E-state index in [1.54, 1.807) is 36.8 Å². The van der Waals surface area contributed by atoms with Crippen molar-refractivity contribution < 1.29 is 14.3 Å². The van der Waals surface area contributed by atoms with Gasteiger partial charge in [0.2, 0.25) is 5.91 Å². The lowest BCUT2D eigenvalue weighted by atomic mass is 9.87. The first-order valence-corrected chi connectivity index (χ1v) is 12.7. The zero-order chi connectivity index (χ0) is 23.8. The third-order valence-electron chi connectivity index (χ3n) is 6.33. The summed E-state index contributed by atoms with van der Waals surface area (Å²) in [6.07, 6.45) is 3.94. The molecule has 0 bridgehead atoms. The summed E-state index contributed by atoms with van der Waals surface area (Å²) in [5, 5.41) is 8.61. The van der Waals surface area contributed by atoms with Crippen molar-refractivity contribution in [2.75, 3.05) is 33.1 Å². The first-order valence-electron chi connectivity index (χ1n) is 11.1. The molecule has 178 valence electrons. The number of methoxy groups -OCH3 is 2. The minimum atomic E-state index is -0.0275. The van der Waals surface area contributed by atoms with E-state index < -0.39 is 0 Å². The lowest BCUT2D eigenvalue weighted by Crippen LogP contribution is -2.39. The van der Waals surface area contributed by atoms with Crippen molar-refractivity contribution in [3.63, 3.8) is 0 Å². The summed E-state index contributed by atoms with van der Waals surface area (Å²) in [7, 11) is 5.16. The number of rotatable bonds is 7. The number of thiophene rings is 1. The largest absolute Gasteiger partial charge is 0.494 e. The number of fused-ring (bicyclic) bond motifs is 4. The number of carbonyl (C=O) groups excluding carboxylic acids is 1. The number of benzene rings is 1. The molecule has 0 fully saturated rings. The molecule has 11 heteroatoms. The van der Waals surface area contributed by atoms with Crippen LogP contribution in [0, 0.1) is 5.92 Å². The van der Waals surface area contributed by atoms with Crippen molar-refractivity contribution >= 4 is 60.7 Å². The van der Waals surface area contributed by atoms with E-state index in [0.717, 1.165) is 51.2 Å². The number of nitrogens with zero attached hydrogens (tertiary/aromatic N) is 5. The van der Waals surface area contributed by atoms with Crippen LogP contribution in [0.4, 0.5) is 11.5 Å². The Bertz CT molecular complexity index is 1350. The maximum Gasteiger partial charge on any atom is 0.225 e. The van der Waals surface area contributed by atoms with Crippen molar-refractivity contribution in [3.8, 4) is 5.75 Å². The van der Waals surface area contributed by atoms with E-state index in [9.17, 15) is 4.79 Å². The molecule has 1 aliphatic carbocycles. The van der Waals surface area contributed by atoms with Gasteiger partial charge in [-0.25, -0.2) is 9.97 Å². The molecule has 0 spiro atoms. The van der Waals surface area contributed by atoms with E-state index in [-0.39, 0.29) is 17.9 Å². The van der Waals surface area contributed by atoms with Crippen LogP contribution in [0.3, 0.4) is 0 Å². The third kappa shape index (κ3) is 4.19. The molecule has 0 saturated heterocycles. The van der Waals surface area contributed by atoms with Gasteiger partial charge in [-0.3, -0.25) is 4.79 Å². The van der Waals surface area contributed by atoms with Crippen LogP contribution in [0.15, 0.2) is 18.5 Å². The molecule has 4 aromatic rings. The second kappa shape index (κ2) is 9.40. The van der Waals surface area contributed by atoms with Gasteiger partial charge < -0.3 is 19.7 Å². The van der Waals surface area contributed by atoms with Gasteiger partial charge >= 0.3 is 0 Å². The minimum Gasteiger partial charge on any atom is -0.494 e. The molecule has 3 heterocycles. The first kappa shape index (κ1) is 22.9. The van der Waals surface area contributed by atoms with E-state index in [1.165, 1.54) is 22.0 Å². The predicted molar refractivity (Wildman–Crippen MR) is 134 cm³/mol. The highest BCUT2D eigenvalue weighted by Crippen LogP contribution is 2.42. The zero-order valence-electron chi connectivity index (χ0n) is 19.5. The maximum atomic E-state index is 13.0. The van der Waals surface area contributed by atoms with Crippen molar-refractivity contribution in [1.29, 1.82) is 0 Å². The molecular formula is C23H26N6O3S2. The molecule has 1 aliphatic rings. The fourth-order valence-corrected chi connectivity index (χ4v) is 6.33. The van der Waals surface area contributed by atoms with Crippen molar-refractivity contribution in [2.24, 2.45) is 5.92 Å². The standard InChI is InChI=1S/C23H26N6O3S2/c1-12(31-3)10-29(2)23(30)13-5-6-14-18(7-13)33-22-20(14)21(24-11-25-22)26-15-9-19-16(27-28-34-19)8-17(15)32-4/h8-9,11-13H,5-7,10H2,1-4H3,(H,24,25,26)/t12-,13-/m0/s1. The molecule has 0 saturated carbocycles. The summed E-state index contributed by atoms with van der Waals surface area (Å²) in [6.45, 7) is 2.56. The number of nitrogens with one attached hydrogen (secondary N) is 1. The second-order valence-electron chi connectivity index (χ2n) is 8.53. The molecule has 1 N–H and O–H groups in total. The van der Waals surface area contributed by atoms with Gasteiger partial charge in [-0.15, -0.1) is 16.4 Å².